The van der Waals surface area contributed by atoms with Gasteiger partial charge in [-0.05, 0) is 47.0 Å². The molecule has 1 atom stereocenters. The fraction of sp³-hybridized carbons (Fsp3) is 0.364. The fourth-order valence-corrected chi connectivity index (χ4v) is 2.06. The summed E-state index contributed by atoms with van der Waals surface area (Å²) in [7, 11) is 0. The molecule has 0 bridgehead atoms. The first-order valence-electron chi connectivity index (χ1n) is 4.80. The van der Waals surface area contributed by atoms with Crippen molar-refractivity contribution in [3.8, 4) is 0 Å². The van der Waals surface area contributed by atoms with E-state index in [1.165, 1.54) is 18.2 Å². The van der Waals surface area contributed by atoms with Crippen LogP contribution in [0.5, 0.6) is 0 Å². The lowest BCUT2D eigenvalue weighted by Gasteiger charge is -2.10. The minimum absolute atomic E-state index is 0.148. The van der Waals surface area contributed by atoms with E-state index in [1.807, 2.05) is 35.8 Å². The lowest BCUT2D eigenvalue weighted by Crippen LogP contribution is -2.29. The lowest BCUT2D eigenvalue weighted by molar-refractivity contribution is 0.0953. The van der Waals surface area contributed by atoms with Gasteiger partial charge in [0.15, 0.2) is 0 Å². The van der Waals surface area contributed by atoms with Crippen LogP contribution in [0.15, 0.2) is 18.2 Å². The van der Waals surface area contributed by atoms with Crippen LogP contribution in [-0.2, 0) is 0 Å². The molecule has 1 amide bonds. The Labute approximate surface area is 113 Å². The zero-order chi connectivity index (χ0) is 12.1. The highest BCUT2D eigenvalue weighted by molar-refractivity contribution is 14.1. The maximum Gasteiger partial charge on any atom is 0.252 e. The molecule has 0 radical (unpaired) electrons. The smallest absolute Gasteiger partial charge is 0.252 e. The number of carbonyl (C=O) groups is 1. The van der Waals surface area contributed by atoms with Crippen molar-refractivity contribution < 1.29 is 9.18 Å². The molecule has 0 aliphatic heterocycles. The van der Waals surface area contributed by atoms with Gasteiger partial charge in [0.25, 0.3) is 5.91 Å². The molecule has 0 spiro atoms. The number of thioether (sulfide) groups is 1. The molecule has 16 heavy (non-hydrogen) atoms. The molecule has 0 aliphatic rings. The summed E-state index contributed by atoms with van der Waals surface area (Å²) in [6.07, 6.45) is 2.00. The monoisotopic (exact) mass is 353 g/mol. The molecule has 0 saturated heterocycles. The predicted octanol–water partition coefficient (Wildman–Crippen LogP) is 2.91. The molecule has 1 aromatic rings. The molecule has 1 unspecified atom stereocenters. The molecule has 1 N–H and O–H groups in total. The Kier molecular flexibility index (Phi) is 5.54. The first-order valence-corrected chi connectivity index (χ1v) is 7.17. The van der Waals surface area contributed by atoms with Crippen LogP contribution in [0, 0.1) is 9.39 Å². The van der Waals surface area contributed by atoms with Crippen LogP contribution in [-0.4, -0.2) is 24.0 Å². The van der Waals surface area contributed by atoms with Crippen LogP contribution in [0.3, 0.4) is 0 Å². The maximum atomic E-state index is 12.8. The summed E-state index contributed by atoms with van der Waals surface area (Å²) >= 11 is 3.65. The number of halogens is 2. The van der Waals surface area contributed by atoms with E-state index in [0.29, 0.717) is 20.9 Å². The van der Waals surface area contributed by atoms with Crippen molar-refractivity contribution in [2.45, 2.75) is 12.2 Å². The predicted molar refractivity (Wildman–Crippen MR) is 74.4 cm³/mol. The highest BCUT2D eigenvalue weighted by Crippen LogP contribution is 2.14. The van der Waals surface area contributed by atoms with E-state index in [0.717, 1.165) is 0 Å². The second-order valence-corrected chi connectivity index (χ2v) is 5.82. The quantitative estimate of drug-likeness (QED) is 0.844. The Hall–Kier alpha value is -0.300. The maximum absolute atomic E-state index is 12.8. The number of carbonyl (C=O) groups excluding carboxylic acids is 1. The third-order valence-electron chi connectivity index (χ3n) is 2.13. The number of amides is 1. The summed E-state index contributed by atoms with van der Waals surface area (Å²) in [4.78, 5) is 11.7. The van der Waals surface area contributed by atoms with E-state index in [-0.39, 0.29) is 11.7 Å². The molecule has 0 aromatic heterocycles. The first-order chi connectivity index (χ1) is 7.54. The van der Waals surface area contributed by atoms with Crippen molar-refractivity contribution >= 4 is 40.3 Å². The number of rotatable bonds is 4. The van der Waals surface area contributed by atoms with Gasteiger partial charge in [-0.1, -0.05) is 6.92 Å². The standard InChI is InChI=1S/C11H13FINOS/c1-7(16-2)6-14-11(15)9-4-3-8(12)5-10(9)13/h3-5,7H,6H2,1-2H3,(H,14,15). The van der Waals surface area contributed by atoms with Crippen LogP contribution in [0.4, 0.5) is 4.39 Å². The Morgan fingerprint density at radius 2 is 2.31 bits per heavy atom. The van der Waals surface area contributed by atoms with Crippen LogP contribution >= 0.6 is 34.4 Å². The number of hydrogen-bond donors (Lipinski definition) is 1. The highest BCUT2D eigenvalue weighted by Gasteiger charge is 2.11. The molecule has 0 saturated carbocycles. The average molecular weight is 353 g/mol. The minimum atomic E-state index is -0.321. The van der Waals surface area contributed by atoms with Crippen molar-refractivity contribution in [1.82, 2.24) is 5.32 Å². The number of benzene rings is 1. The average Bonchev–Trinajstić information content (AvgIpc) is 2.25. The molecule has 88 valence electrons. The van der Waals surface area contributed by atoms with Gasteiger partial charge in [0.1, 0.15) is 5.82 Å². The van der Waals surface area contributed by atoms with E-state index in [2.05, 4.69) is 5.32 Å². The zero-order valence-corrected chi connectivity index (χ0v) is 12.1. The van der Waals surface area contributed by atoms with Crippen molar-refractivity contribution in [3.63, 3.8) is 0 Å². The Morgan fingerprint density at radius 3 is 2.88 bits per heavy atom. The summed E-state index contributed by atoms with van der Waals surface area (Å²) < 4.78 is 13.5. The van der Waals surface area contributed by atoms with Gasteiger partial charge in [0, 0.05) is 15.4 Å². The summed E-state index contributed by atoms with van der Waals surface area (Å²) in [5.74, 6) is -0.469. The topological polar surface area (TPSA) is 29.1 Å². The van der Waals surface area contributed by atoms with Crippen molar-refractivity contribution in [2.75, 3.05) is 12.8 Å². The SMILES string of the molecule is CSC(C)CNC(=O)c1ccc(F)cc1I. The van der Waals surface area contributed by atoms with Gasteiger partial charge in [-0.2, -0.15) is 11.8 Å². The Morgan fingerprint density at radius 1 is 1.62 bits per heavy atom. The third kappa shape index (κ3) is 3.93. The molecule has 0 aliphatic carbocycles. The van der Waals surface area contributed by atoms with Crippen LogP contribution < -0.4 is 5.32 Å². The van der Waals surface area contributed by atoms with Gasteiger partial charge >= 0.3 is 0 Å². The first kappa shape index (κ1) is 13.8. The molecule has 2 nitrogen and oxygen atoms in total. The molecule has 5 heteroatoms. The van der Waals surface area contributed by atoms with Crippen molar-refractivity contribution in [2.24, 2.45) is 0 Å². The van der Waals surface area contributed by atoms with Gasteiger partial charge in [0.2, 0.25) is 0 Å². The van der Waals surface area contributed by atoms with Gasteiger partial charge in [0.05, 0.1) is 5.56 Å². The number of hydrogen-bond acceptors (Lipinski definition) is 2. The molecule has 0 fully saturated rings. The largest absolute Gasteiger partial charge is 0.351 e. The summed E-state index contributed by atoms with van der Waals surface area (Å²) in [5, 5.41) is 3.20. The molecule has 0 heterocycles. The van der Waals surface area contributed by atoms with E-state index in [9.17, 15) is 9.18 Å². The van der Waals surface area contributed by atoms with Gasteiger partial charge in [-0.3, -0.25) is 4.79 Å². The molecule has 1 rings (SSSR count). The minimum Gasteiger partial charge on any atom is -0.351 e. The highest BCUT2D eigenvalue weighted by atomic mass is 127. The summed E-state index contributed by atoms with van der Waals surface area (Å²) in [6, 6.07) is 4.17. The van der Waals surface area contributed by atoms with E-state index in [1.54, 1.807) is 11.8 Å². The van der Waals surface area contributed by atoms with E-state index < -0.39 is 0 Å². The third-order valence-corrected chi connectivity index (χ3v) is 3.99. The van der Waals surface area contributed by atoms with Crippen LogP contribution in [0.1, 0.15) is 17.3 Å². The summed E-state index contributed by atoms with van der Waals surface area (Å²) in [6.45, 7) is 2.66. The molecular formula is C11H13FINOS. The second kappa shape index (κ2) is 6.44. The van der Waals surface area contributed by atoms with Crippen LogP contribution in [0.25, 0.3) is 0 Å². The Balaban J connectivity index is 2.66. The fourth-order valence-electron chi connectivity index (χ4n) is 1.09. The normalized spacial score (nSPS) is 12.2. The van der Waals surface area contributed by atoms with Gasteiger partial charge in [-0.25, -0.2) is 4.39 Å². The number of nitrogens with one attached hydrogen (secondary N) is 1. The van der Waals surface area contributed by atoms with Crippen LogP contribution in [0.2, 0.25) is 0 Å². The molecular weight excluding hydrogens is 340 g/mol. The van der Waals surface area contributed by atoms with E-state index >= 15 is 0 Å². The zero-order valence-electron chi connectivity index (χ0n) is 9.09. The van der Waals surface area contributed by atoms with E-state index in [4.69, 9.17) is 0 Å². The van der Waals surface area contributed by atoms with Gasteiger partial charge < -0.3 is 5.32 Å². The van der Waals surface area contributed by atoms with Crippen molar-refractivity contribution in [3.05, 3.63) is 33.1 Å². The van der Waals surface area contributed by atoms with Gasteiger partial charge in [-0.15, -0.1) is 0 Å². The Bertz CT molecular complexity index is 386. The summed E-state index contributed by atoms with van der Waals surface area (Å²) in [5.41, 5.74) is 0.523. The van der Waals surface area contributed by atoms with Crippen molar-refractivity contribution in [1.29, 1.82) is 0 Å². The molecule has 1 aromatic carbocycles. The lowest BCUT2D eigenvalue weighted by atomic mass is 10.2. The second-order valence-electron chi connectivity index (χ2n) is 3.38.